The Morgan fingerprint density at radius 1 is 1.05 bits per heavy atom. The van der Waals surface area contributed by atoms with Gasteiger partial charge < -0.3 is 0 Å². The highest BCUT2D eigenvalue weighted by molar-refractivity contribution is 5.31. The fourth-order valence-corrected chi connectivity index (χ4v) is 2.31. The van der Waals surface area contributed by atoms with Crippen molar-refractivity contribution in [2.45, 2.75) is 72.1 Å². The number of hydrogen-bond donors (Lipinski definition) is 0. The maximum atomic E-state index is 12.7. The topological polar surface area (TPSA) is 34.9 Å². The van der Waals surface area contributed by atoms with Crippen LogP contribution in [0.1, 0.15) is 72.0 Å². The summed E-state index contributed by atoms with van der Waals surface area (Å²) in [5.41, 5.74) is 1.61. The minimum absolute atomic E-state index is 0.107. The fourth-order valence-electron chi connectivity index (χ4n) is 2.31. The second-order valence-electron chi connectivity index (χ2n) is 7.37. The second-order valence-corrected chi connectivity index (χ2v) is 7.37. The van der Waals surface area contributed by atoms with Crippen LogP contribution in [0.2, 0.25) is 0 Å². The first kappa shape index (κ1) is 15.9. The lowest BCUT2D eigenvalue weighted by Crippen LogP contribution is -2.37. The summed E-state index contributed by atoms with van der Waals surface area (Å²) >= 11 is 0. The van der Waals surface area contributed by atoms with Crippen molar-refractivity contribution in [3.05, 3.63) is 27.4 Å². The molecule has 3 nitrogen and oxygen atoms in total. The van der Waals surface area contributed by atoms with Crippen molar-refractivity contribution in [3.63, 3.8) is 0 Å². The number of hydrogen-bond acceptors (Lipinski definition) is 2. The van der Waals surface area contributed by atoms with Crippen LogP contribution in [0.5, 0.6) is 0 Å². The summed E-state index contributed by atoms with van der Waals surface area (Å²) < 4.78 is 1.72. The fraction of sp³-hybridized carbons (Fsp3) is 0.750. The molecule has 0 atom stereocenters. The standard InChI is InChI=1S/C16H28N2O/c1-9-10-11-17-13(16(5,6)7)12(15(2,3)4)14(19)18(11)8/h9-10H2,1-8H3. The van der Waals surface area contributed by atoms with Gasteiger partial charge in [-0.15, -0.1) is 0 Å². The normalized spacial score (nSPS) is 12.8. The summed E-state index contributed by atoms with van der Waals surface area (Å²) in [6.45, 7) is 14.7. The van der Waals surface area contributed by atoms with Gasteiger partial charge in [0.2, 0.25) is 0 Å². The van der Waals surface area contributed by atoms with Gasteiger partial charge in [-0.05, 0) is 11.8 Å². The quantitative estimate of drug-likeness (QED) is 0.821. The van der Waals surface area contributed by atoms with E-state index in [9.17, 15) is 4.79 Å². The Bertz CT molecular complexity index is 513. The average Bonchev–Trinajstić information content (AvgIpc) is 2.21. The van der Waals surface area contributed by atoms with Gasteiger partial charge in [0.25, 0.3) is 5.56 Å². The first-order valence-electron chi connectivity index (χ1n) is 7.11. The van der Waals surface area contributed by atoms with Crippen LogP contribution in [0.3, 0.4) is 0 Å². The van der Waals surface area contributed by atoms with Crippen LogP contribution < -0.4 is 5.56 Å². The van der Waals surface area contributed by atoms with E-state index in [2.05, 4.69) is 48.5 Å². The molecule has 0 aromatic carbocycles. The lowest BCUT2D eigenvalue weighted by atomic mass is 9.79. The van der Waals surface area contributed by atoms with Gasteiger partial charge in [0.1, 0.15) is 5.82 Å². The van der Waals surface area contributed by atoms with E-state index >= 15 is 0 Å². The van der Waals surface area contributed by atoms with Crippen molar-refractivity contribution in [1.82, 2.24) is 9.55 Å². The van der Waals surface area contributed by atoms with Crippen LogP contribution in [0.4, 0.5) is 0 Å². The highest BCUT2D eigenvalue weighted by atomic mass is 16.1. The van der Waals surface area contributed by atoms with Crippen molar-refractivity contribution in [2.75, 3.05) is 0 Å². The molecule has 0 saturated carbocycles. The molecule has 1 rings (SSSR count). The maximum absolute atomic E-state index is 12.7. The number of nitrogens with zero attached hydrogens (tertiary/aromatic N) is 2. The van der Waals surface area contributed by atoms with E-state index in [0.717, 1.165) is 29.9 Å². The molecular formula is C16H28N2O. The summed E-state index contributed by atoms with van der Waals surface area (Å²) in [6.07, 6.45) is 1.85. The van der Waals surface area contributed by atoms with Gasteiger partial charge in [-0.2, -0.15) is 0 Å². The first-order chi connectivity index (χ1) is 8.50. The van der Waals surface area contributed by atoms with E-state index < -0.39 is 0 Å². The van der Waals surface area contributed by atoms with Gasteiger partial charge in [0.05, 0.1) is 5.69 Å². The third-order valence-corrected chi connectivity index (χ3v) is 3.32. The lowest BCUT2D eigenvalue weighted by Gasteiger charge is -2.29. The van der Waals surface area contributed by atoms with Crippen molar-refractivity contribution in [3.8, 4) is 0 Å². The maximum Gasteiger partial charge on any atom is 0.257 e. The molecule has 3 heteroatoms. The van der Waals surface area contributed by atoms with E-state index in [1.165, 1.54) is 0 Å². The second kappa shape index (κ2) is 5.10. The molecule has 1 aromatic rings. The molecule has 0 bridgehead atoms. The molecular weight excluding hydrogens is 236 g/mol. The molecule has 0 radical (unpaired) electrons. The molecule has 0 amide bonds. The largest absolute Gasteiger partial charge is 0.300 e. The van der Waals surface area contributed by atoms with Crippen molar-refractivity contribution < 1.29 is 0 Å². The smallest absolute Gasteiger partial charge is 0.257 e. The van der Waals surface area contributed by atoms with Crippen molar-refractivity contribution in [2.24, 2.45) is 7.05 Å². The van der Waals surface area contributed by atoms with Gasteiger partial charge in [0, 0.05) is 24.4 Å². The van der Waals surface area contributed by atoms with Gasteiger partial charge >= 0.3 is 0 Å². The molecule has 108 valence electrons. The Morgan fingerprint density at radius 2 is 1.58 bits per heavy atom. The van der Waals surface area contributed by atoms with Crippen molar-refractivity contribution >= 4 is 0 Å². The van der Waals surface area contributed by atoms with Crippen LogP contribution >= 0.6 is 0 Å². The molecule has 1 aromatic heterocycles. The third kappa shape index (κ3) is 3.26. The van der Waals surface area contributed by atoms with Crippen LogP contribution in [-0.4, -0.2) is 9.55 Å². The SMILES string of the molecule is CCCc1nc(C(C)(C)C)c(C(C)(C)C)c(=O)n1C. The molecule has 0 aliphatic rings. The van der Waals surface area contributed by atoms with Gasteiger partial charge in [-0.3, -0.25) is 9.36 Å². The van der Waals surface area contributed by atoms with Gasteiger partial charge in [-0.1, -0.05) is 48.5 Å². The van der Waals surface area contributed by atoms with Gasteiger partial charge in [0.15, 0.2) is 0 Å². The Balaban J connectivity index is 3.72. The Labute approximate surface area is 117 Å². The van der Waals surface area contributed by atoms with E-state index in [1.54, 1.807) is 4.57 Å². The summed E-state index contributed by atoms with van der Waals surface area (Å²) in [5.74, 6) is 0.894. The first-order valence-corrected chi connectivity index (χ1v) is 7.11. The van der Waals surface area contributed by atoms with Crippen molar-refractivity contribution in [1.29, 1.82) is 0 Å². The zero-order chi connectivity index (χ0) is 15.0. The summed E-state index contributed by atoms with van der Waals surface area (Å²) in [4.78, 5) is 17.5. The molecule has 0 fully saturated rings. The molecule has 0 saturated heterocycles. The predicted octanol–water partition coefficient (Wildman–Crippen LogP) is 3.33. The monoisotopic (exact) mass is 264 g/mol. The summed E-state index contributed by atoms with van der Waals surface area (Å²) in [7, 11) is 1.84. The summed E-state index contributed by atoms with van der Waals surface area (Å²) in [5, 5.41) is 0. The number of aromatic nitrogens is 2. The van der Waals surface area contributed by atoms with Crippen LogP contribution in [-0.2, 0) is 24.3 Å². The third-order valence-electron chi connectivity index (χ3n) is 3.32. The van der Waals surface area contributed by atoms with Crippen LogP contribution in [0.15, 0.2) is 4.79 Å². The molecule has 0 unspecified atom stereocenters. The Morgan fingerprint density at radius 3 is 1.95 bits per heavy atom. The average molecular weight is 264 g/mol. The lowest BCUT2D eigenvalue weighted by molar-refractivity contribution is 0.488. The molecule has 0 N–H and O–H groups in total. The van der Waals surface area contributed by atoms with Crippen LogP contribution in [0.25, 0.3) is 0 Å². The minimum Gasteiger partial charge on any atom is -0.300 e. The molecule has 0 aliphatic heterocycles. The molecule has 19 heavy (non-hydrogen) atoms. The van der Waals surface area contributed by atoms with E-state index in [4.69, 9.17) is 4.98 Å². The van der Waals surface area contributed by atoms with E-state index in [0.29, 0.717) is 0 Å². The number of rotatable bonds is 2. The van der Waals surface area contributed by atoms with E-state index in [1.807, 2.05) is 7.05 Å². The Kier molecular flexibility index (Phi) is 4.28. The highest BCUT2D eigenvalue weighted by Gasteiger charge is 2.30. The minimum atomic E-state index is -0.185. The highest BCUT2D eigenvalue weighted by Crippen LogP contribution is 2.30. The zero-order valence-corrected chi connectivity index (χ0v) is 13.7. The zero-order valence-electron chi connectivity index (χ0n) is 13.7. The molecule has 1 heterocycles. The van der Waals surface area contributed by atoms with E-state index in [-0.39, 0.29) is 16.4 Å². The Hall–Kier alpha value is -1.12. The van der Waals surface area contributed by atoms with Gasteiger partial charge in [-0.25, -0.2) is 4.98 Å². The number of aryl methyl sites for hydroxylation is 1. The molecule has 0 aliphatic carbocycles. The molecule has 0 spiro atoms. The predicted molar refractivity (Wildman–Crippen MR) is 80.9 cm³/mol. The summed E-state index contributed by atoms with van der Waals surface area (Å²) in [6, 6.07) is 0. The van der Waals surface area contributed by atoms with Crippen LogP contribution in [0, 0.1) is 0 Å².